The van der Waals surface area contributed by atoms with E-state index in [0.717, 1.165) is 4.47 Å². The topological polar surface area (TPSA) is 105 Å². The van der Waals surface area contributed by atoms with Gasteiger partial charge in [0.25, 0.3) is 11.8 Å². The quantitative estimate of drug-likeness (QED) is 0.523. The Bertz CT molecular complexity index is 917. The van der Waals surface area contributed by atoms with Crippen LogP contribution in [0.25, 0.3) is 0 Å². The Balaban J connectivity index is 1.44. The molecule has 1 fully saturated rings. The minimum Gasteiger partial charge on any atom is -0.455 e. The lowest BCUT2D eigenvalue weighted by Gasteiger charge is -2.16. The molecular formula is C20H18BrN3O5. The Morgan fingerprint density at radius 3 is 2.41 bits per heavy atom. The van der Waals surface area contributed by atoms with Gasteiger partial charge in [0.1, 0.15) is 0 Å². The van der Waals surface area contributed by atoms with Gasteiger partial charge in [0, 0.05) is 28.7 Å². The predicted octanol–water partition coefficient (Wildman–Crippen LogP) is 1.81. The standard InChI is InChI=1S/C20H18BrN3O5/c21-15-6-8-16(9-7-15)24-11-14(10-18(24)26)20(28)29-12-17(25)22-23-19(27)13-4-2-1-3-5-13/h1-9,14H,10-12H2,(H,22,25)(H,23,27)/t14-/m0/s1. The lowest BCUT2D eigenvalue weighted by Crippen LogP contribution is -2.43. The fourth-order valence-corrected chi connectivity index (χ4v) is 3.08. The number of nitrogens with one attached hydrogen (secondary N) is 2. The number of hydrogen-bond acceptors (Lipinski definition) is 5. The first-order valence-electron chi connectivity index (χ1n) is 8.81. The van der Waals surface area contributed by atoms with Crippen molar-refractivity contribution in [2.75, 3.05) is 18.1 Å². The number of carbonyl (C=O) groups is 4. The van der Waals surface area contributed by atoms with Crippen LogP contribution in [0.4, 0.5) is 5.69 Å². The van der Waals surface area contributed by atoms with Crippen molar-refractivity contribution in [2.45, 2.75) is 6.42 Å². The molecule has 0 spiro atoms. The molecule has 9 heteroatoms. The van der Waals surface area contributed by atoms with E-state index in [-0.39, 0.29) is 18.9 Å². The summed E-state index contributed by atoms with van der Waals surface area (Å²) in [5.41, 5.74) is 5.48. The van der Waals surface area contributed by atoms with E-state index in [0.29, 0.717) is 11.3 Å². The van der Waals surface area contributed by atoms with Gasteiger partial charge in [-0.1, -0.05) is 34.1 Å². The Hall–Kier alpha value is -3.20. The maximum Gasteiger partial charge on any atom is 0.311 e. The van der Waals surface area contributed by atoms with Crippen molar-refractivity contribution in [3.8, 4) is 0 Å². The van der Waals surface area contributed by atoms with Crippen LogP contribution < -0.4 is 15.8 Å². The van der Waals surface area contributed by atoms with Gasteiger partial charge in [-0.25, -0.2) is 0 Å². The molecule has 29 heavy (non-hydrogen) atoms. The number of benzene rings is 2. The number of hydrogen-bond donors (Lipinski definition) is 2. The van der Waals surface area contributed by atoms with E-state index in [1.54, 1.807) is 42.5 Å². The first kappa shape index (κ1) is 20.5. The molecule has 0 unspecified atom stereocenters. The smallest absolute Gasteiger partial charge is 0.311 e. The summed E-state index contributed by atoms with van der Waals surface area (Å²) in [6, 6.07) is 15.5. The third kappa shape index (κ3) is 5.41. The third-order valence-electron chi connectivity index (χ3n) is 4.29. The first-order valence-corrected chi connectivity index (χ1v) is 9.60. The highest BCUT2D eigenvalue weighted by molar-refractivity contribution is 9.10. The van der Waals surface area contributed by atoms with Gasteiger partial charge >= 0.3 is 5.97 Å². The number of esters is 1. The average Bonchev–Trinajstić information content (AvgIpc) is 3.13. The van der Waals surface area contributed by atoms with Crippen molar-refractivity contribution < 1.29 is 23.9 Å². The molecule has 0 bridgehead atoms. The maximum atomic E-state index is 12.2. The van der Waals surface area contributed by atoms with Crippen LogP contribution >= 0.6 is 15.9 Å². The summed E-state index contributed by atoms with van der Waals surface area (Å²) >= 11 is 3.33. The van der Waals surface area contributed by atoms with Crippen LogP contribution in [0, 0.1) is 5.92 Å². The van der Waals surface area contributed by atoms with Crippen molar-refractivity contribution in [3.63, 3.8) is 0 Å². The monoisotopic (exact) mass is 459 g/mol. The van der Waals surface area contributed by atoms with Gasteiger partial charge in [0.15, 0.2) is 6.61 Å². The summed E-state index contributed by atoms with van der Waals surface area (Å²) in [6.07, 6.45) is 0.0151. The van der Waals surface area contributed by atoms with Crippen molar-refractivity contribution in [1.29, 1.82) is 0 Å². The van der Waals surface area contributed by atoms with Crippen LogP contribution in [0.5, 0.6) is 0 Å². The highest BCUT2D eigenvalue weighted by Crippen LogP contribution is 2.27. The lowest BCUT2D eigenvalue weighted by molar-refractivity contribution is -0.152. The first-order chi connectivity index (χ1) is 13.9. The normalized spacial score (nSPS) is 15.7. The van der Waals surface area contributed by atoms with Gasteiger partial charge in [0.2, 0.25) is 5.91 Å². The van der Waals surface area contributed by atoms with E-state index in [1.165, 1.54) is 4.90 Å². The highest BCUT2D eigenvalue weighted by Gasteiger charge is 2.36. The van der Waals surface area contributed by atoms with Crippen LogP contribution in [0.15, 0.2) is 59.1 Å². The largest absolute Gasteiger partial charge is 0.455 e. The zero-order chi connectivity index (χ0) is 20.8. The number of carbonyl (C=O) groups excluding carboxylic acids is 4. The second-order valence-electron chi connectivity index (χ2n) is 6.36. The van der Waals surface area contributed by atoms with Gasteiger partial charge in [0.05, 0.1) is 5.92 Å². The second-order valence-corrected chi connectivity index (χ2v) is 7.27. The van der Waals surface area contributed by atoms with Gasteiger partial charge in [-0.05, 0) is 36.4 Å². The van der Waals surface area contributed by atoms with Gasteiger partial charge < -0.3 is 9.64 Å². The molecular weight excluding hydrogens is 442 g/mol. The summed E-state index contributed by atoms with van der Waals surface area (Å²) < 4.78 is 5.87. The summed E-state index contributed by atoms with van der Waals surface area (Å²) in [5.74, 6) is -2.65. The van der Waals surface area contributed by atoms with Crippen molar-refractivity contribution in [3.05, 3.63) is 64.6 Å². The van der Waals surface area contributed by atoms with Gasteiger partial charge in [-0.2, -0.15) is 0 Å². The van der Waals surface area contributed by atoms with E-state index in [1.807, 2.05) is 12.1 Å². The molecule has 3 amide bonds. The average molecular weight is 460 g/mol. The highest BCUT2D eigenvalue weighted by atomic mass is 79.9. The SMILES string of the molecule is O=C(COC(=O)[C@H]1CC(=O)N(c2ccc(Br)cc2)C1)NNC(=O)c1ccccc1. The molecule has 2 aromatic rings. The summed E-state index contributed by atoms with van der Waals surface area (Å²) in [4.78, 5) is 49.6. The van der Waals surface area contributed by atoms with Crippen molar-refractivity contribution >= 4 is 45.3 Å². The number of ether oxygens (including phenoxy) is 1. The number of anilines is 1. The molecule has 150 valence electrons. The number of nitrogens with zero attached hydrogens (tertiary/aromatic N) is 1. The van der Waals surface area contributed by atoms with E-state index in [4.69, 9.17) is 4.74 Å². The third-order valence-corrected chi connectivity index (χ3v) is 4.82. The molecule has 0 radical (unpaired) electrons. The van der Waals surface area contributed by atoms with Crippen molar-refractivity contribution in [2.24, 2.45) is 5.92 Å². The van der Waals surface area contributed by atoms with E-state index >= 15 is 0 Å². The van der Waals surface area contributed by atoms with Crippen LogP contribution in [-0.4, -0.2) is 36.8 Å². The molecule has 0 aromatic heterocycles. The zero-order valence-corrected chi connectivity index (χ0v) is 16.8. The van der Waals surface area contributed by atoms with Crippen LogP contribution in [-0.2, 0) is 19.1 Å². The van der Waals surface area contributed by atoms with E-state index < -0.39 is 30.3 Å². The number of amides is 3. The fraction of sp³-hybridized carbons (Fsp3) is 0.200. The van der Waals surface area contributed by atoms with E-state index in [2.05, 4.69) is 26.8 Å². The van der Waals surface area contributed by atoms with Gasteiger partial charge in [-0.3, -0.25) is 30.0 Å². The maximum absolute atomic E-state index is 12.2. The molecule has 3 rings (SSSR count). The summed E-state index contributed by atoms with van der Waals surface area (Å²) in [7, 11) is 0. The van der Waals surface area contributed by atoms with Crippen LogP contribution in [0.3, 0.4) is 0 Å². The molecule has 1 saturated heterocycles. The van der Waals surface area contributed by atoms with E-state index in [9.17, 15) is 19.2 Å². The molecule has 1 atom stereocenters. The Labute approximate surface area is 175 Å². The summed E-state index contributed by atoms with van der Waals surface area (Å²) in [5, 5.41) is 0. The Morgan fingerprint density at radius 1 is 1.03 bits per heavy atom. The second kappa shape index (κ2) is 9.33. The number of halogens is 1. The molecule has 8 nitrogen and oxygen atoms in total. The Kier molecular flexibility index (Phi) is 6.61. The van der Waals surface area contributed by atoms with Crippen LogP contribution in [0.1, 0.15) is 16.8 Å². The summed E-state index contributed by atoms with van der Waals surface area (Å²) in [6.45, 7) is -0.372. The lowest BCUT2D eigenvalue weighted by atomic mass is 10.1. The Morgan fingerprint density at radius 2 is 1.72 bits per heavy atom. The van der Waals surface area contributed by atoms with Crippen LogP contribution in [0.2, 0.25) is 0 Å². The molecule has 0 aliphatic carbocycles. The molecule has 2 N–H and O–H groups in total. The molecule has 2 aromatic carbocycles. The molecule has 0 saturated carbocycles. The fourth-order valence-electron chi connectivity index (χ4n) is 2.81. The number of rotatable bonds is 5. The van der Waals surface area contributed by atoms with Gasteiger partial charge in [-0.15, -0.1) is 0 Å². The molecule has 1 heterocycles. The van der Waals surface area contributed by atoms with Crippen molar-refractivity contribution in [1.82, 2.24) is 10.9 Å². The molecule has 1 aliphatic rings. The minimum absolute atomic E-state index is 0.0151. The predicted molar refractivity (Wildman–Crippen MR) is 108 cm³/mol. The minimum atomic E-state index is -0.684. The molecule has 1 aliphatic heterocycles. The zero-order valence-electron chi connectivity index (χ0n) is 15.3. The number of hydrazine groups is 1.